The van der Waals surface area contributed by atoms with E-state index in [-0.39, 0.29) is 5.92 Å². The lowest BCUT2D eigenvalue weighted by Gasteiger charge is -2.36. The number of aromatic nitrogens is 2. The molecule has 2 heterocycles. The normalized spacial score (nSPS) is 15.5. The van der Waals surface area contributed by atoms with Gasteiger partial charge in [0.2, 0.25) is 5.91 Å². The maximum absolute atomic E-state index is 13.8. The van der Waals surface area contributed by atoms with Gasteiger partial charge in [0, 0.05) is 44.2 Å². The van der Waals surface area contributed by atoms with Crippen molar-refractivity contribution in [3.63, 3.8) is 0 Å². The Bertz CT molecular complexity index is 930. The van der Waals surface area contributed by atoms with Crippen molar-refractivity contribution >= 4 is 11.7 Å². The van der Waals surface area contributed by atoms with Crippen LogP contribution < -0.4 is 4.90 Å². The Labute approximate surface area is 219 Å². The molecule has 0 radical (unpaired) electrons. The van der Waals surface area contributed by atoms with Crippen LogP contribution in [0.3, 0.4) is 0 Å². The first-order valence-corrected chi connectivity index (χ1v) is 14.3. The Morgan fingerprint density at radius 1 is 1.03 bits per heavy atom. The molecule has 36 heavy (non-hydrogen) atoms. The number of amides is 1. The minimum absolute atomic E-state index is 0.109. The molecule has 0 saturated carbocycles. The topological polar surface area (TPSA) is 44.6 Å². The first kappa shape index (κ1) is 28.2. The number of nitrogens with zero attached hydrogens (tertiary/aromatic N) is 5. The molecule has 200 valence electrons. The maximum Gasteiger partial charge on any atom is 0.225 e. The average Bonchev–Trinajstić information content (AvgIpc) is 3.22. The van der Waals surface area contributed by atoms with E-state index in [4.69, 9.17) is 5.10 Å². The van der Waals surface area contributed by atoms with E-state index in [1.54, 1.807) is 0 Å². The predicted octanol–water partition coefficient (Wildman–Crippen LogP) is 5.91. The SMILES string of the molecule is CCCC[C@H](CC)C(=O)N(CCC(C)C)Cc1c(C)nn(-c2ccccc2)c1N1CCN(CC)CC1. The zero-order valence-corrected chi connectivity index (χ0v) is 23.7. The van der Waals surface area contributed by atoms with Crippen molar-refractivity contribution in [1.29, 1.82) is 0 Å². The first-order valence-electron chi connectivity index (χ1n) is 14.3. The van der Waals surface area contributed by atoms with Crippen LogP contribution >= 0.6 is 0 Å². The largest absolute Gasteiger partial charge is 0.354 e. The second-order valence-corrected chi connectivity index (χ2v) is 10.7. The molecule has 6 nitrogen and oxygen atoms in total. The monoisotopic (exact) mass is 495 g/mol. The number of hydrogen-bond acceptors (Lipinski definition) is 4. The molecule has 1 aliphatic heterocycles. The van der Waals surface area contributed by atoms with E-state index >= 15 is 0 Å². The molecule has 1 aromatic heterocycles. The summed E-state index contributed by atoms with van der Waals surface area (Å²) in [4.78, 5) is 21.0. The summed E-state index contributed by atoms with van der Waals surface area (Å²) in [5.41, 5.74) is 3.30. The van der Waals surface area contributed by atoms with Gasteiger partial charge >= 0.3 is 0 Å². The van der Waals surface area contributed by atoms with E-state index in [0.29, 0.717) is 18.4 Å². The lowest BCUT2D eigenvalue weighted by molar-refractivity contribution is -0.136. The molecular formula is C30H49N5O. The van der Waals surface area contributed by atoms with Crippen LogP contribution in [0.25, 0.3) is 5.69 Å². The van der Waals surface area contributed by atoms with Crippen molar-refractivity contribution in [2.45, 2.75) is 80.2 Å². The van der Waals surface area contributed by atoms with Crippen LogP contribution in [-0.4, -0.2) is 64.8 Å². The summed E-state index contributed by atoms with van der Waals surface area (Å²) in [5, 5.41) is 5.04. The van der Waals surface area contributed by atoms with E-state index in [1.165, 1.54) is 11.4 Å². The van der Waals surface area contributed by atoms with Crippen molar-refractivity contribution in [3.05, 3.63) is 41.6 Å². The maximum atomic E-state index is 13.8. The molecule has 1 atom stereocenters. The van der Waals surface area contributed by atoms with Crippen molar-refractivity contribution in [2.24, 2.45) is 11.8 Å². The lowest BCUT2D eigenvalue weighted by Crippen LogP contribution is -2.47. The highest BCUT2D eigenvalue weighted by molar-refractivity contribution is 5.79. The summed E-state index contributed by atoms with van der Waals surface area (Å²) in [5.74, 6) is 2.16. The number of rotatable bonds is 13. The summed E-state index contributed by atoms with van der Waals surface area (Å²) < 4.78 is 2.12. The number of carbonyl (C=O) groups excluding carboxylic acids is 1. The fourth-order valence-corrected chi connectivity index (χ4v) is 5.17. The standard InChI is InChI=1S/C30H49N5O/c1-7-10-14-26(8-2)30(36)34(18-17-24(4)5)23-28-25(6)31-35(27-15-12-11-13-16-27)29(28)33-21-19-32(9-3)20-22-33/h11-13,15-16,24,26H,7-10,14,17-23H2,1-6H3/t26-/m0/s1. The summed E-state index contributed by atoms with van der Waals surface area (Å²) >= 11 is 0. The van der Waals surface area contributed by atoms with Gasteiger partial charge in [0.05, 0.1) is 17.9 Å². The molecule has 2 aromatic rings. The molecule has 1 amide bonds. The number of aryl methyl sites for hydroxylation is 1. The average molecular weight is 496 g/mol. The number of carbonyl (C=O) groups is 1. The molecule has 1 saturated heterocycles. The third-order valence-electron chi connectivity index (χ3n) is 7.66. The van der Waals surface area contributed by atoms with Crippen LogP contribution in [0.4, 0.5) is 5.82 Å². The molecule has 1 aliphatic rings. The van der Waals surface area contributed by atoms with Crippen LogP contribution in [0.5, 0.6) is 0 Å². The Morgan fingerprint density at radius 2 is 1.72 bits per heavy atom. The van der Waals surface area contributed by atoms with E-state index in [2.05, 4.69) is 85.2 Å². The Balaban J connectivity index is 1.99. The van der Waals surface area contributed by atoms with Crippen LogP contribution in [0.15, 0.2) is 30.3 Å². The van der Waals surface area contributed by atoms with Gasteiger partial charge in [0.25, 0.3) is 0 Å². The molecule has 0 unspecified atom stereocenters. The number of anilines is 1. The van der Waals surface area contributed by atoms with E-state index in [1.807, 2.05) is 6.07 Å². The van der Waals surface area contributed by atoms with Gasteiger partial charge in [-0.1, -0.05) is 65.7 Å². The minimum atomic E-state index is 0.109. The number of piperazine rings is 1. The van der Waals surface area contributed by atoms with E-state index in [0.717, 1.165) is 82.8 Å². The highest BCUT2D eigenvalue weighted by Crippen LogP contribution is 2.31. The molecule has 0 aliphatic carbocycles. The fourth-order valence-electron chi connectivity index (χ4n) is 5.17. The second-order valence-electron chi connectivity index (χ2n) is 10.7. The van der Waals surface area contributed by atoms with Crippen LogP contribution in [0.2, 0.25) is 0 Å². The molecule has 1 aromatic carbocycles. The highest BCUT2D eigenvalue weighted by atomic mass is 16.2. The number of para-hydroxylation sites is 1. The zero-order valence-electron chi connectivity index (χ0n) is 23.7. The molecule has 1 fully saturated rings. The number of benzene rings is 1. The van der Waals surface area contributed by atoms with Crippen molar-refractivity contribution < 1.29 is 4.79 Å². The Hall–Kier alpha value is -2.34. The highest BCUT2D eigenvalue weighted by Gasteiger charge is 2.29. The first-order chi connectivity index (χ1) is 17.4. The minimum Gasteiger partial charge on any atom is -0.354 e. The molecule has 6 heteroatoms. The van der Waals surface area contributed by atoms with Gasteiger partial charge in [-0.3, -0.25) is 4.79 Å². The number of unbranched alkanes of at least 4 members (excludes halogenated alkanes) is 1. The van der Waals surface area contributed by atoms with Gasteiger partial charge in [0.1, 0.15) is 5.82 Å². The quantitative estimate of drug-likeness (QED) is 0.346. The second kappa shape index (κ2) is 13.8. The molecule has 0 N–H and O–H groups in total. The summed E-state index contributed by atoms with van der Waals surface area (Å²) in [7, 11) is 0. The summed E-state index contributed by atoms with van der Waals surface area (Å²) in [6.07, 6.45) is 5.16. The van der Waals surface area contributed by atoms with E-state index in [9.17, 15) is 4.79 Å². The van der Waals surface area contributed by atoms with Crippen molar-refractivity contribution in [1.82, 2.24) is 19.6 Å². The fraction of sp³-hybridized carbons (Fsp3) is 0.667. The zero-order chi connectivity index (χ0) is 26.1. The van der Waals surface area contributed by atoms with E-state index < -0.39 is 0 Å². The van der Waals surface area contributed by atoms with Crippen molar-refractivity contribution in [3.8, 4) is 5.69 Å². The van der Waals surface area contributed by atoms with Crippen LogP contribution in [-0.2, 0) is 11.3 Å². The van der Waals surface area contributed by atoms with Crippen LogP contribution in [0, 0.1) is 18.8 Å². The molecule has 3 rings (SSSR count). The third-order valence-corrected chi connectivity index (χ3v) is 7.66. The molecule has 0 bridgehead atoms. The van der Waals surface area contributed by atoms with Crippen LogP contribution in [0.1, 0.15) is 78.0 Å². The van der Waals surface area contributed by atoms with Gasteiger partial charge < -0.3 is 14.7 Å². The Kier molecular flexibility index (Phi) is 10.8. The van der Waals surface area contributed by atoms with Gasteiger partial charge in [-0.15, -0.1) is 0 Å². The van der Waals surface area contributed by atoms with Gasteiger partial charge in [-0.25, -0.2) is 4.68 Å². The molecule has 0 spiro atoms. The summed E-state index contributed by atoms with van der Waals surface area (Å²) in [6.45, 7) is 19.8. The Morgan fingerprint density at radius 3 is 2.31 bits per heavy atom. The van der Waals surface area contributed by atoms with Gasteiger partial charge in [-0.05, 0) is 50.8 Å². The molecular weight excluding hydrogens is 446 g/mol. The number of hydrogen-bond donors (Lipinski definition) is 0. The predicted molar refractivity (Wildman–Crippen MR) is 151 cm³/mol. The lowest BCUT2D eigenvalue weighted by atomic mass is 9.97. The van der Waals surface area contributed by atoms with Gasteiger partial charge in [0.15, 0.2) is 0 Å². The number of likely N-dealkylation sites (N-methyl/N-ethyl adjacent to an activating group) is 1. The smallest absolute Gasteiger partial charge is 0.225 e. The van der Waals surface area contributed by atoms with Crippen molar-refractivity contribution in [2.75, 3.05) is 44.2 Å². The summed E-state index contributed by atoms with van der Waals surface area (Å²) in [6, 6.07) is 10.4. The third kappa shape index (κ3) is 7.12. The van der Waals surface area contributed by atoms with Gasteiger partial charge in [-0.2, -0.15) is 5.10 Å².